The molecule has 1 saturated heterocycles. The van der Waals surface area contributed by atoms with E-state index in [1.54, 1.807) is 0 Å². The molecule has 4 nitrogen and oxygen atoms in total. The average Bonchev–Trinajstić information content (AvgIpc) is 2.35. The number of rotatable bonds is 3. The summed E-state index contributed by atoms with van der Waals surface area (Å²) in [7, 11) is 1.87. The van der Waals surface area contributed by atoms with Crippen molar-refractivity contribution in [1.29, 1.82) is 0 Å². The van der Waals surface area contributed by atoms with Gasteiger partial charge in [-0.25, -0.2) is 4.98 Å². The lowest BCUT2D eigenvalue weighted by molar-refractivity contribution is 0.0320. The van der Waals surface area contributed by atoms with Crippen LogP contribution in [0, 0.1) is 5.92 Å². The summed E-state index contributed by atoms with van der Waals surface area (Å²) in [6, 6.07) is 4.10. The van der Waals surface area contributed by atoms with Crippen LogP contribution in [0.2, 0.25) is 0 Å². The first kappa shape index (κ1) is 12.3. The molecule has 1 aromatic heterocycles. The number of hydrogen-bond acceptors (Lipinski definition) is 4. The van der Waals surface area contributed by atoms with Gasteiger partial charge in [0.2, 0.25) is 0 Å². The van der Waals surface area contributed by atoms with Gasteiger partial charge in [-0.2, -0.15) is 0 Å². The fourth-order valence-electron chi connectivity index (χ4n) is 2.29. The molecule has 1 fully saturated rings. The quantitative estimate of drug-likeness (QED) is 0.829. The number of aliphatic hydroxyl groups is 1. The van der Waals surface area contributed by atoms with Gasteiger partial charge in [0, 0.05) is 32.9 Å². The molecule has 1 aliphatic heterocycles. The molecule has 0 saturated carbocycles. The lowest BCUT2D eigenvalue weighted by atomic mass is 9.96. The van der Waals surface area contributed by atoms with E-state index in [1.807, 2.05) is 19.3 Å². The average molecular weight is 235 g/mol. The van der Waals surface area contributed by atoms with Gasteiger partial charge in [0.15, 0.2) is 0 Å². The number of aliphatic hydroxyl groups excluding tert-OH is 1. The van der Waals surface area contributed by atoms with Crippen LogP contribution in [-0.2, 0) is 6.54 Å². The first-order valence-corrected chi connectivity index (χ1v) is 6.22. The predicted molar refractivity (Wildman–Crippen MR) is 68.8 cm³/mol. The van der Waals surface area contributed by atoms with Crippen LogP contribution < -0.4 is 5.32 Å². The molecule has 2 unspecified atom stereocenters. The third-order valence-corrected chi connectivity index (χ3v) is 3.43. The summed E-state index contributed by atoms with van der Waals surface area (Å²) in [6.07, 6.45) is 2.67. The predicted octanol–water partition coefficient (Wildman–Crippen LogP) is 1.33. The van der Waals surface area contributed by atoms with E-state index in [-0.39, 0.29) is 6.10 Å². The molecular weight excluding hydrogens is 214 g/mol. The van der Waals surface area contributed by atoms with E-state index >= 15 is 0 Å². The molecule has 17 heavy (non-hydrogen) atoms. The van der Waals surface area contributed by atoms with E-state index in [4.69, 9.17) is 0 Å². The highest BCUT2D eigenvalue weighted by Crippen LogP contribution is 2.18. The van der Waals surface area contributed by atoms with E-state index in [2.05, 4.69) is 28.2 Å². The first-order valence-electron chi connectivity index (χ1n) is 6.22. The van der Waals surface area contributed by atoms with E-state index in [1.165, 1.54) is 5.56 Å². The number of hydrogen-bond donors (Lipinski definition) is 2. The summed E-state index contributed by atoms with van der Waals surface area (Å²) in [5, 5.41) is 12.7. The van der Waals surface area contributed by atoms with Crippen LogP contribution in [-0.4, -0.2) is 41.2 Å². The normalized spacial score (nSPS) is 25.8. The summed E-state index contributed by atoms with van der Waals surface area (Å²) in [5.41, 5.74) is 1.23. The minimum atomic E-state index is -0.129. The minimum Gasteiger partial charge on any atom is -0.393 e. The van der Waals surface area contributed by atoms with Gasteiger partial charge in [0.25, 0.3) is 0 Å². The van der Waals surface area contributed by atoms with Crippen molar-refractivity contribution in [1.82, 2.24) is 9.88 Å². The molecule has 2 N–H and O–H groups in total. The lowest BCUT2D eigenvalue weighted by Gasteiger charge is -2.34. The van der Waals surface area contributed by atoms with Gasteiger partial charge >= 0.3 is 0 Å². The Morgan fingerprint density at radius 1 is 1.53 bits per heavy atom. The maximum atomic E-state index is 9.68. The molecule has 0 radical (unpaired) electrons. The molecule has 2 rings (SSSR count). The Morgan fingerprint density at radius 2 is 2.35 bits per heavy atom. The fraction of sp³-hybridized carbons (Fsp3) is 0.615. The second-order valence-corrected chi connectivity index (χ2v) is 4.87. The van der Waals surface area contributed by atoms with Gasteiger partial charge in [-0.3, -0.25) is 4.90 Å². The molecule has 2 heterocycles. The number of nitrogens with one attached hydrogen (secondary N) is 1. The molecular formula is C13H21N3O. The van der Waals surface area contributed by atoms with E-state index in [0.717, 1.165) is 31.9 Å². The number of anilines is 1. The Bertz CT molecular complexity index is 352. The number of likely N-dealkylation sites (tertiary alicyclic amines) is 1. The van der Waals surface area contributed by atoms with Gasteiger partial charge in [0.05, 0.1) is 6.10 Å². The SMILES string of the molecule is CNc1ccc(CN2CCC(O)C(C)C2)cn1. The smallest absolute Gasteiger partial charge is 0.125 e. The maximum absolute atomic E-state index is 9.68. The molecule has 94 valence electrons. The zero-order chi connectivity index (χ0) is 12.3. The van der Waals surface area contributed by atoms with Crippen LogP contribution in [0.25, 0.3) is 0 Å². The number of piperidine rings is 1. The minimum absolute atomic E-state index is 0.129. The number of nitrogens with zero attached hydrogens (tertiary/aromatic N) is 2. The number of pyridine rings is 1. The zero-order valence-corrected chi connectivity index (χ0v) is 10.6. The second-order valence-electron chi connectivity index (χ2n) is 4.87. The Balaban J connectivity index is 1.92. The van der Waals surface area contributed by atoms with Gasteiger partial charge in [-0.05, 0) is 24.0 Å². The van der Waals surface area contributed by atoms with Crippen LogP contribution in [0.4, 0.5) is 5.82 Å². The van der Waals surface area contributed by atoms with Crippen molar-refractivity contribution in [3.05, 3.63) is 23.9 Å². The summed E-state index contributed by atoms with van der Waals surface area (Å²) in [5.74, 6) is 1.27. The molecule has 0 aromatic carbocycles. The molecule has 1 aromatic rings. The molecule has 4 heteroatoms. The fourth-order valence-corrected chi connectivity index (χ4v) is 2.29. The Hall–Kier alpha value is -1.13. The summed E-state index contributed by atoms with van der Waals surface area (Å²) in [6.45, 7) is 4.97. The highest BCUT2D eigenvalue weighted by Gasteiger charge is 2.23. The first-order chi connectivity index (χ1) is 8.19. The molecule has 0 aliphatic carbocycles. The molecule has 1 aliphatic rings. The van der Waals surface area contributed by atoms with Gasteiger partial charge < -0.3 is 10.4 Å². The van der Waals surface area contributed by atoms with Gasteiger partial charge in [-0.1, -0.05) is 13.0 Å². The monoisotopic (exact) mass is 235 g/mol. The van der Waals surface area contributed by atoms with Crippen molar-refractivity contribution < 1.29 is 5.11 Å². The summed E-state index contributed by atoms with van der Waals surface area (Å²) >= 11 is 0. The highest BCUT2D eigenvalue weighted by molar-refractivity contribution is 5.34. The third kappa shape index (κ3) is 3.17. The van der Waals surface area contributed by atoms with Crippen LogP contribution in [0.5, 0.6) is 0 Å². The second kappa shape index (κ2) is 5.47. The Labute approximate surface area is 103 Å². The van der Waals surface area contributed by atoms with Crippen molar-refractivity contribution in [2.75, 3.05) is 25.5 Å². The van der Waals surface area contributed by atoms with E-state index < -0.39 is 0 Å². The van der Waals surface area contributed by atoms with Crippen molar-refractivity contribution >= 4 is 5.82 Å². The summed E-state index contributed by atoms with van der Waals surface area (Å²) in [4.78, 5) is 6.69. The summed E-state index contributed by atoms with van der Waals surface area (Å²) < 4.78 is 0. The topological polar surface area (TPSA) is 48.4 Å². The van der Waals surface area contributed by atoms with Crippen LogP contribution >= 0.6 is 0 Å². The Kier molecular flexibility index (Phi) is 3.97. The van der Waals surface area contributed by atoms with Crippen LogP contribution in [0.3, 0.4) is 0 Å². The molecule has 2 atom stereocenters. The molecule has 0 amide bonds. The maximum Gasteiger partial charge on any atom is 0.125 e. The number of aromatic nitrogens is 1. The van der Waals surface area contributed by atoms with Crippen molar-refractivity contribution in [3.63, 3.8) is 0 Å². The van der Waals surface area contributed by atoms with Crippen LogP contribution in [0.1, 0.15) is 18.9 Å². The van der Waals surface area contributed by atoms with E-state index in [0.29, 0.717) is 5.92 Å². The van der Waals surface area contributed by atoms with Crippen molar-refractivity contribution in [3.8, 4) is 0 Å². The highest BCUT2D eigenvalue weighted by atomic mass is 16.3. The van der Waals surface area contributed by atoms with Crippen LogP contribution in [0.15, 0.2) is 18.3 Å². The zero-order valence-electron chi connectivity index (χ0n) is 10.6. The molecule has 0 bridgehead atoms. The van der Waals surface area contributed by atoms with Gasteiger partial charge in [0.1, 0.15) is 5.82 Å². The standard InChI is InChI=1S/C13H21N3O/c1-10-8-16(6-5-12(10)17)9-11-3-4-13(14-2)15-7-11/h3-4,7,10,12,17H,5-6,8-9H2,1-2H3,(H,14,15). The largest absolute Gasteiger partial charge is 0.393 e. The van der Waals surface area contributed by atoms with Gasteiger partial charge in [-0.15, -0.1) is 0 Å². The van der Waals surface area contributed by atoms with E-state index in [9.17, 15) is 5.11 Å². The third-order valence-electron chi connectivity index (χ3n) is 3.43. The lowest BCUT2D eigenvalue weighted by Crippen LogP contribution is -2.41. The Morgan fingerprint density at radius 3 is 2.94 bits per heavy atom. The molecule has 0 spiro atoms. The van der Waals surface area contributed by atoms with Crippen molar-refractivity contribution in [2.45, 2.75) is 26.0 Å². The van der Waals surface area contributed by atoms with Crippen molar-refractivity contribution in [2.24, 2.45) is 5.92 Å².